The summed E-state index contributed by atoms with van der Waals surface area (Å²) in [6, 6.07) is -0.534. The van der Waals surface area contributed by atoms with Crippen LogP contribution in [-0.4, -0.2) is 30.5 Å². The van der Waals surface area contributed by atoms with Gasteiger partial charge in [0.1, 0.15) is 0 Å². The highest BCUT2D eigenvalue weighted by Crippen LogP contribution is 2.43. The lowest BCUT2D eigenvalue weighted by molar-refractivity contribution is -0.139. The van der Waals surface area contributed by atoms with Crippen molar-refractivity contribution in [3.63, 3.8) is 0 Å². The Bertz CT molecular complexity index is 274. The average Bonchev–Trinajstić information content (AvgIpc) is 2.85. The van der Waals surface area contributed by atoms with E-state index in [1.807, 2.05) is 0 Å². The molecule has 0 aromatic carbocycles. The lowest BCUT2D eigenvalue weighted by Gasteiger charge is -2.25. The molecule has 1 saturated carbocycles. The van der Waals surface area contributed by atoms with Gasteiger partial charge in [-0.1, -0.05) is 12.8 Å². The fourth-order valence-electron chi connectivity index (χ4n) is 3.18. The average molecular weight is 265 g/mol. The van der Waals surface area contributed by atoms with Crippen LogP contribution in [0.3, 0.4) is 0 Å². The Morgan fingerprint density at radius 3 is 2.56 bits per heavy atom. The first-order valence-electron chi connectivity index (χ1n) is 6.87. The molecule has 2 atom stereocenters. The summed E-state index contributed by atoms with van der Waals surface area (Å²) >= 11 is 0. The molecular formula is C13H22F3NO. The van der Waals surface area contributed by atoms with Crippen LogP contribution in [0.15, 0.2) is 0 Å². The maximum Gasteiger partial charge on any atom is 0.390 e. The Hall–Kier alpha value is -0.290. The molecule has 106 valence electrons. The number of halogens is 3. The zero-order chi connectivity index (χ0) is 13.2. The molecule has 2 aliphatic rings. The first-order valence-corrected chi connectivity index (χ1v) is 6.87. The van der Waals surface area contributed by atoms with E-state index in [0.29, 0.717) is 6.54 Å². The minimum atomic E-state index is -4.09. The van der Waals surface area contributed by atoms with Gasteiger partial charge in [0.05, 0.1) is 18.1 Å². The number of nitrogens with one attached hydrogen (secondary N) is 1. The molecule has 5 heteroatoms. The molecule has 1 spiro atoms. The molecule has 1 aliphatic carbocycles. The van der Waals surface area contributed by atoms with Gasteiger partial charge in [-0.3, -0.25) is 0 Å². The van der Waals surface area contributed by atoms with Crippen LogP contribution in [0.2, 0.25) is 0 Å². The van der Waals surface area contributed by atoms with Crippen molar-refractivity contribution in [3.8, 4) is 0 Å². The van der Waals surface area contributed by atoms with Crippen molar-refractivity contribution in [2.45, 2.75) is 75.8 Å². The van der Waals surface area contributed by atoms with Crippen LogP contribution in [0.25, 0.3) is 0 Å². The topological polar surface area (TPSA) is 21.3 Å². The third kappa shape index (κ3) is 3.85. The largest absolute Gasteiger partial charge is 0.390 e. The predicted molar refractivity (Wildman–Crippen MR) is 63.4 cm³/mol. The van der Waals surface area contributed by atoms with Gasteiger partial charge in [-0.2, -0.15) is 13.2 Å². The minimum Gasteiger partial charge on any atom is -0.370 e. The molecule has 2 unspecified atom stereocenters. The van der Waals surface area contributed by atoms with Crippen LogP contribution >= 0.6 is 0 Å². The molecule has 0 aromatic rings. The summed E-state index contributed by atoms with van der Waals surface area (Å²) in [6.45, 7) is 2.12. The van der Waals surface area contributed by atoms with Gasteiger partial charge in [-0.15, -0.1) is 0 Å². The van der Waals surface area contributed by atoms with Crippen molar-refractivity contribution >= 4 is 0 Å². The fourth-order valence-corrected chi connectivity index (χ4v) is 3.18. The van der Waals surface area contributed by atoms with Gasteiger partial charge >= 0.3 is 6.18 Å². The lowest BCUT2D eigenvalue weighted by Crippen LogP contribution is -2.37. The highest BCUT2D eigenvalue weighted by molar-refractivity contribution is 4.93. The van der Waals surface area contributed by atoms with Gasteiger partial charge in [0.2, 0.25) is 0 Å². The van der Waals surface area contributed by atoms with E-state index in [4.69, 9.17) is 4.74 Å². The SMILES string of the molecule is CC(CC(F)(F)F)NCC1CCC2(CCCC2)O1. The molecule has 1 heterocycles. The van der Waals surface area contributed by atoms with E-state index in [-0.39, 0.29) is 11.7 Å². The maximum atomic E-state index is 12.2. The lowest BCUT2D eigenvalue weighted by atomic mass is 9.98. The zero-order valence-electron chi connectivity index (χ0n) is 10.9. The molecule has 0 amide bonds. The molecule has 1 saturated heterocycles. The third-order valence-electron chi connectivity index (χ3n) is 4.09. The molecule has 2 fully saturated rings. The molecule has 0 bridgehead atoms. The number of hydrogen-bond donors (Lipinski definition) is 1. The standard InChI is InChI=1S/C13H22F3NO/c1-10(8-13(14,15)16)17-9-11-4-7-12(18-11)5-2-3-6-12/h10-11,17H,2-9H2,1H3. The van der Waals surface area contributed by atoms with Crippen LogP contribution in [0.1, 0.15) is 51.9 Å². The number of rotatable bonds is 4. The third-order valence-corrected chi connectivity index (χ3v) is 4.09. The first kappa shape index (κ1) is 14.1. The molecule has 2 nitrogen and oxygen atoms in total. The van der Waals surface area contributed by atoms with Crippen molar-refractivity contribution < 1.29 is 17.9 Å². The van der Waals surface area contributed by atoms with Crippen molar-refractivity contribution in [2.75, 3.05) is 6.54 Å². The Kier molecular flexibility index (Phi) is 4.22. The van der Waals surface area contributed by atoms with Gasteiger partial charge in [-0.05, 0) is 32.6 Å². The molecule has 0 radical (unpaired) electrons. The highest BCUT2D eigenvalue weighted by atomic mass is 19.4. The fraction of sp³-hybridized carbons (Fsp3) is 1.00. The molecule has 2 rings (SSSR count). The number of ether oxygens (including phenoxy) is 1. The van der Waals surface area contributed by atoms with Crippen molar-refractivity contribution in [3.05, 3.63) is 0 Å². The zero-order valence-corrected chi connectivity index (χ0v) is 10.9. The smallest absolute Gasteiger partial charge is 0.370 e. The van der Waals surface area contributed by atoms with E-state index >= 15 is 0 Å². The second-order valence-corrected chi connectivity index (χ2v) is 5.80. The van der Waals surface area contributed by atoms with Crippen LogP contribution in [0.5, 0.6) is 0 Å². The van der Waals surface area contributed by atoms with Crippen molar-refractivity contribution in [1.29, 1.82) is 0 Å². The summed E-state index contributed by atoms with van der Waals surface area (Å²) in [5.74, 6) is 0. The quantitative estimate of drug-likeness (QED) is 0.841. The van der Waals surface area contributed by atoms with Crippen LogP contribution < -0.4 is 5.32 Å². The summed E-state index contributed by atoms with van der Waals surface area (Å²) in [6.07, 6.45) is 2.00. The Morgan fingerprint density at radius 1 is 1.28 bits per heavy atom. The highest BCUT2D eigenvalue weighted by Gasteiger charge is 2.42. The van der Waals surface area contributed by atoms with Crippen LogP contribution in [-0.2, 0) is 4.74 Å². The summed E-state index contributed by atoms with van der Waals surface area (Å²) in [4.78, 5) is 0. The second-order valence-electron chi connectivity index (χ2n) is 5.80. The summed E-state index contributed by atoms with van der Waals surface area (Å²) < 4.78 is 42.6. The van der Waals surface area contributed by atoms with Crippen LogP contribution in [0.4, 0.5) is 13.2 Å². The van der Waals surface area contributed by atoms with Gasteiger partial charge < -0.3 is 10.1 Å². The van der Waals surface area contributed by atoms with E-state index in [1.54, 1.807) is 6.92 Å². The maximum absolute atomic E-state index is 12.2. The normalized spacial score (nSPS) is 29.0. The van der Waals surface area contributed by atoms with Gasteiger partial charge in [0.15, 0.2) is 0 Å². The molecule has 0 aromatic heterocycles. The summed E-state index contributed by atoms with van der Waals surface area (Å²) in [7, 11) is 0. The van der Waals surface area contributed by atoms with E-state index < -0.39 is 18.6 Å². The van der Waals surface area contributed by atoms with Crippen molar-refractivity contribution in [1.82, 2.24) is 5.32 Å². The molecule has 18 heavy (non-hydrogen) atoms. The van der Waals surface area contributed by atoms with Gasteiger partial charge in [0.25, 0.3) is 0 Å². The van der Waals surface area contributed by atoms with E-state index in [0.717, 1.165) is 25.7 Å². The van der Waals surface area contributed by atoms with E-state index in [1.165, 1.54) is 12.8 Å². The first-order chi connectivity index (χ1) is 8.39. The Morgan fingerprint density at radius 2 is 1.94 bits per heavy atom. The predicted octanol–water partition coefficient (Wildman–Crippen LogP) is 3.41. The van der Waals surface area contributed by atoms with Gasteiger partial charge in [0, 0.05) is 12.6 Å². The molecule has 1 N–H and O–H groups in total. The van der Waals surface area contributed by atoms with E-state index in [9.17, 15) is 13.2 Å². The molecular weight excluding hydrogens is 243 g/mol. The minimum absolute atomic E-state index is 0.0691. The number of alkyl halides is 3. The van der Waals surface area contributed by atoms with Gasteiger partial charge in [-0.25, -0.2) is 0 Å². The second kappa shape index (κ2) is 5.37. The monoisotopic (exact) mass is 265 g/mol. The summed E-state index contributed by atoms with van der Waals surface area (Å²) in [5, 5.41) is 2.94. The van der Waals surface area contributed by atoms with E-state index in [2.05, 4.69) is 5.32 Å². The number of hydrogen-bond acceptors (Lipinski definition) is 2. The van der Waals surface area contributed by atoms with Crippen molar-refractivity contribution in [2.24, 2.45) is 0 Å². The summed E-state index contributed by atoms with van der Waals surface area (Å²) in [5.41, 5.74) is 0.0691. The Labute approximate surface area is 106 Å². The van der Waals surface area contributed by atoms with Crippen LogP contribution in [0, 0.1) is 0 Å². The molecule has 1 aliphatic heterocycles. The Balaban J connectivity index is 1.69.